The third-order valence-corrected chi connectivity index (χ3v) is 5.19. The van der Waals surface area contributed by atoms with Crippen molar-refractivity contribution < 1.29 is 22.9 Å². The van der Waals surface area contributed by atoms with Crippen LogP contribution in [-0.2, 0) is 20.4 Å². The number of methoxy groups -OCH3 is 1. The number of non-ortho nitro benzene ring substituents is 1. The van der Waals surface area contributed by atoms with Crippen LogP contribution in [0.1, 0.15) is 12.5 Å². The Morgan fingerprint density at radius 3 is 2.28 bits per heavy atom. The Morgan fingerprint density at radius 1 is 1.16 bits per heavy atom. The van der Waals surface area contributed by atoms with Gasteiger partial charge in [0, 0.05) is 17.7 Å². The Labute approximate surface area is 144 Å². The van der Waals surface area contributed by atoms with Crippen molar-refractivity contribution in [3.05, 3.63) is 64.2 Å². The molecule has 0 aliphatic carbocycles. The Hall–Kier alpha value is -2.78. The van der Waals surface area contributed by atoms with E-state index in [1.54, 1.807) is 24.3 Å². The van der Waals surface area contributed by atoms with Crippen molar-refractivity contribution >= 4 is 22.0 Å². The lowest BCUT2D eigenvalue weighted by atomic mass is 9.94. The number of nitro benzene ring substituents is 1. The minimum atomic E-state index is -4.11. The molecule has 0 aromatic heterocycles. The smallest absolute Gasteiger partial charge is 0.269 e. The van der Waals surface area contributed by atoms with Crippen LogP contribution in [-0.4, -0.2) is 26.7 Å². The van der Waals surface area contributed by atoms with Gasteiger partial charge in [0.1, 0.15) is 17.6 Å². The molecule has 0 bridgehead atoms. The molecule has 0 fully saturated rings. The first kappa shape index (κ1) is 18.6. The highest BCUT2D eigenvalue weighted by Crippen LogP contribution is 2.30. The normalized spacial score (nSPS) is 13.7. The maximum absolute atomic E-state index is 12.6. The molecule has 8 nitrogen and oxygen atoms in total. The van der Waals surface area contributed by atoms with E-state index in [1.807, 2.05) is 0 Å². The van der Waals surface area contributed by atoms with Crippen LogP contribution in [0.4, 0.5) is 5.69 Å². The van der Waals surface area contributed by atoms with E-state index >= 15 is 0 Å². The van der Waals surface area contributed by atoms with Crippen LogP contribution >= 0.6 is 0 Å². The first-order chi connectivity index (χ1) is 11.7. The van der Waals surface area contributed by atoms with Gasteiger partial charge in [-0.05, 0) is 25.1 Å². The summed E-state index contributed by atoms with van der Waals surface area (Å²) in [4.78, 5) is 21.5. The Kier molecular flexibility index (Phi) is 5.19. The van der Waals surface area contributed by atoms with E-state index in [9.17, 15) is 23.3 Å². The number of sulfonamides is 1. The van der Waals surface area contributed by atoms with Crippen LogP contribution in [0.15, 0.2) is 53.4 Å². The summed E-state index contributed by atoms with van der Waals surface area (Å²) in [7, 11) is -2.69. The van der Waals surface area contributed by atoms with Gasteiger partial charge < -0.3 is 9.53 Å². The average molecular weight is 364 g/mol. The highest BCUT2D eigenvalue weighted by atomic mass is 32.2. The number of nitro groups is 1. The van der Waals surface area contributed by atoms with Gasteiger partial charge in [0.2, 0.25) is 10.0 Å². The molecule has 0 heterocycles. The first-order valence-corrected chi connectivity index (χ1v) is 8.60. The predicted octanol–water partition coefficient (Wildman–Crippen LogP) is 2.00. The van der Waals surface area contributed by atoms with Gasteiger partial charge in [-0.25, -0.2) is 8.42 Å². The van der Waals surface area contributed by atoms with Gasteiger partial charge in [-0.1, -0.05) is 18.2 Å². The Bertz CT molecular complexity index is 895. The van der Waals surface area contributed by atoms with E-state index < -0.39 is 20.5 Å². The number of hydrogen-bond donors (Lipinski definition) is 1. The summed E-state index contributed by atoms with van der Waals surface area (Å²) >= 11 is 0. The summed E-state index contributed by atoms with van der Waals surface area (Å²) in [6.45, 7) is 1.40. The van der Waals surface area contributed by atoms with E-state index in [0.29, 0.717) is 17.6 Å². The second-order valence-corrected chi connectivity index (χ2v) is 7.06. The van der Waals surface area contributed by atoms with Crippen LogP contribution in [0.2, 0.25) is 0 Å². The van der Waals surface area contributed by atoms with Crippen molar-refractivity contribution in [1.82, 2.24) is 4.72 Å². The summed E-state index contributed by atoms with van der Waals surface area (Å²) in [5, 5.41) is 10.7. The summed E-state index contributed by atoms with van der Waals surface area (Å²) in [5.74, 6) is 0.350. The van der Waals surface area contributed by atoms with Crippen molar-refractivity contribution in [1.29, 1.82) is 0 Å². The molecule has 0 saturated heterocycles. The monoisotopic (exact) mass is 364 g/mol. The predicted molar refractivity (Wildman–Crippen MR) is 89.8 cm³/mol. The fraction of sp³-hybridized carbons (Fsp3) is 0.188. The molecule has 0 spiro atoms. The second-order valence-electron chi connectivity index (χ2n) is 5.38. The number of carbonyl (C=O) groups is 1. The van der Waals surface area contributed by atoms with Crippen molar-refractivity contribution in [2.24, 2.45) is 0 Å². The molecule has 2 rings (SSSR count). The van der Waals surface area contributed by atoms with Crippen molar-refractivity contribution in [3.63, 3.8) is 0 Å². The summed E-state index contributed by atoms with van der Waals surface area (Å²) in [6, 6.07) is 10.9. The quantitative estimate of drug-likeness (QED) is 0.456. The van der Waals surface area contributed by atoms with Crippen molar-refractivity contribution in [2.45, 2.75) is 17.4 Å². The molecule has 0 aliphatic heterocycles. The lowest BCUT2D eigenvalue weighted by Crippen LogP contribution is -2.44. The number of hydrogen-bond acceptors (Lipinski definition) is 6. The fourth-order valence-corrected chi connectivity index (χ4v) is 3.63. The zero-order chi connectivity index (χ0) is 18.7. The van der Waals surface area contributed by atoms with Gasteiger partial charge in [0.15, 0.2) is 0 Å². The lowest BCUT2D eigenvalue weighted by Gasteiger charge is -2.26. The average Bonchev–Trinajstić information content (AvgIpc) is 2.61. The molecular weight excluding hydrogens is 348 g/mol. The zero-order valence-corrected chi connectivity index (χ0v) is 14.3. The van der Waals surface area contributed by atoms with E-state index in [2.05, 4.69) is 4.72 Å². The molecule has 1 N–H and O–H groups in total. The van der Waals surface area contributed by atoms with Crippen LogP contribution < -0.4 is 9.46 Å². The summed E-state index contributed by atoms with van der Waals surface area (Å²) in [6.07, 6.45) is 0.466. The number of nitrogens with zero attached hydrogens (tertiary/aromatic N) is 1. The standard InChI is InChI=1S/C16H16N2O6S/c1-16(11-19,14-5-3-4-6-15(14)24-2)17-25(22,23)13-9-7-12(8-10-13)18(20)21/h3-11,17H,1-2H3. The molecule has 132 valence electrons. The number of carbonyl (C=O) groups excluding carboxylic acids is 1. The molecule has 0 radical (unpaired) electrons. The van der Waals surface area contributed by atoms with E-state index in [4.69, 9.17) is 4.74 Å². The van der Waals surface area contributed by atoms with E-state index in [-0.39, 0.29) is 10.6 Å². The molecule has 1 unspecified atom stereocenters. The van der Waals surface area contributed by atoms with Crippen LogP contribution in [0.3, 0.4) is 0 Å². The minimum absolute atomic E-state index is 0.193. The number of benzene rings is 2. The third-order valence-electron chi connectivity index (χ3n) is 3.61. The maximum atomic E-state index is 12.6. The van der Waals surface area contributed by atoms with Crippen molar-refractivity contribution in [3.8, 4) is 5.75 Å². The molecule has 0 amide bonds. The summed E-state index contributed by atoms with van der Waals surface area (Å²) in [5.41, 5.74) is -1.47. The van der Waals surface area contributed by atoms with Crippen LogP contribution in [0.25, 0.3) is 0 Å². The van der Waals surface area contributed by atoms with E-state index in [0.717, 1.165) is 24.3 Å². The fourth-order valence-electron chi connectivity index (χ4n) is 2.30. The number of rotatable bonds is 7. The molecule has 25 heavy (non-hydrogen) atoms. The topological polar surface area (TPSA) is 116 Å². The molecular formula is C16H16N2O6S. The second kappa shape index (κ2) is 6.99. The van der Waals surface area contributed by atoms with Crippen LogP contribution in [0, 0.1) is 10.1 Å². The Balaban J connectivity index is 2.42. The van der Waals surface area contributed by atoms with Gasteiger partial charge >= 0.3 is 0 Å². The molecule has 2 aromatic rings. The van der Waals surface area contributed by atoms with Crippen LogP contribution in [0.5, 0.6) is 5.75 Å². The third kappa shape index (κ3) is 3.83. The number of ether oxygens (including phenoxy) is 1. The van der Waals surface area contributed by atoms with Gasteiger partial charge in [0.05, 0.1) is 16.9 Å². The molecule has 9 heteroatoms. The van der Waals surface area contributed by atoms with Gasteiger partial charge in [-0.15, -0.1) is 0 Å². The van der Waals surface area contributed by atoms with E-state index in [1.165, 1.54) is 14.0 Å². The highest BCUT2D eigenvalue weighted by molar-refractivity contribution is 7.89. The largest absolute Gasteiger partial charge is 0.496 e. The van der Waals surface area contributed by atoms with Gasteiger partial charge in [-0.3, -0.25) is 10.1 Å². The Morgan fingerprint density at radius 2 is 1.76 bits per heavy atom. The maximum Gasteiger partial charge on any atom is 0.269 e. The van der Waals surface area contributed by atoms with Crippen molar-refractivity contribution in [2.75, 3.05) is 7.11 Å². The first-order valence-electron chi connectivity index (χ1n) is 7.12. The minimum Gasteiger partial charge on any atom is -0.496 e. The lowest BCUT2D eigenvalue weighted by molar-refractivity contribution is -0.384. The number of nitrogens with one attached hydrogen (secondary N) is 1. The highest BCUT2D eigenvalue weighted by Gasteiger charge is 2.34. The van der Waals surface area contributed by atoms with Gasteiger partial charge in [-0.2, -0.15) is 4.72 Å². The zero-order valence-electron chi connectivity index (χ0n) is 13.5. The number of aldehydes is 1. The molecule has 1 atom stereocenters. The number of para-hydroxylation sites is 1. The summed E-state index contributed by atoms with van der Waals surface area (Å²) < 4.78 is 32.7. The van der Waals surface area contributed by atoms with Gasteiger partial charge in [0.25, 0.3) is 5.69 Å². The molecule has 0 saturated carbocycles. The molecule has 2 aromatic carbocycles. The molecule has 0 aliphatic rings. The SMILES string of the molecule is COc1ccccc1C(C)(C=O)NS(=O)(=O)c1ccc([N+](=O)[O-])cc1.